The SMILES string of the molecule is COc1cc(F)c(C(C)CC=O)c(F)c1. The summed E-state index contributed by atoms with van der Waals surface area (Å²) < 4.78 is 31.6. The van der Waals surface area contributed by atoms with Gasteiger partial charge in [-0.1, -0.05) is 6.92 Å². The minimum Gasteiger partial charge on any atom is -0.497 e. The highest BCUT2D eigenvalue weighted by atomic mass is 19.1. The molecular weight excluding hydrogens is 202 g/mol. The molecule has 0 saturated carbocycles. The Morgan fingerprint density at radius 1 is 1.40 bits per heavy atom. The molecule has 15 heavy (non-hydrogen) atoms. The number of benzene rings is 1. The van der Waals surface area contributed by atoms with Crippen LogP contribution in [0.4, 0.5) is 8.78 Å². The topological polar surface area (TPSA) is 26.3 Å². The maximum atomic E-state index is 13.4. The smallest absolute Gasteiger partial charge is 0.133 e. The minimum atomic E-state index is -0.679. The summed E-state index contributed by atoms with van der Waals surface area (Å²) in [5.41, 5.74) is -0.0668. The summed E-state index contributed by atoms with van der Waals surface area (Å²) in [6.45, 7) is 1.60. The first-order chi connectivity index (χ1) is 7.10. The molecule has 1 aromatic carbocycles. The number of ether oxygens (including phenoxy) is 1. The molecule has 1 aromatic rings. The molecule has 1 atom stereocenters. The first kappa shape index (κ1) is 11.6. The van der Waals surface area contributed by atoms with Gasteiger partial charge in [-0.2, -0.15) is 0 Å². The lowest BCUT2D eigenvalue weighted by atomic mass is 9.97. The molecule has 0 fully saturated rings. The van der Waals surface area contributed by atoms with Crippen LogP contribution in [0.25, 0.3) is 0 Å². The number of methoxy groups -OCH3 is 1. The van der Waals surface area contributed by atoms with Crippen LogP contribution in [0.1, 0.15) is 24.8 Å². The van der Waals surface area contributed by atoms with Gasteiger partial charge in [0.1, 0.15) is 23.7 Å². The molecule has 4 heteroatoms. The van der Waals surface area contributed by atoms with Crippen molar-refractivity contribution in [3.05, 3.63) is 29.3 Å². The Kier molecular flexibility index (Phi) is 3.77. The average molecular weight is 214 g/mol. The summed E-state index contributed by atoms with van der Waals surface area (Å²) >= 11 is 0. The molecule has 82 valence electrons. The van der Waals surface area contributed by atoms with Gasteiger partial charge in [-0.15, -0.1) is 0 Å². The van der Waals surface area contributed by atoms with Gasteiger partial charge in [0.25, 0.3) is 0 Å². The Labute approximate surface area is 86.9 Å². The predicted molar refractivity (Wildman–Crippen MR) is 52.0 cm³/mol. The quantitative estimate of drug-likeness (QED) is 0.720. The molecule has 1 rings (SSSR count). The number of rotatable bonds is 4. The van der Waals surface area contributed by atoms with E-state index in [1.807, 2.05) is 0 Å². The van der Waals surface area contributed by atoms with Crippen molar-refractivity contribution in [1.82, 2.24) is 0 Å². The second-order valence-corrected chi connectivity index (χ2v) is 3.31. The monoisotopic (exact) mass is 214 g/mol. The van der Waals surface area contributed by atoms with Gasteiger partial charge in [0.05, 0.1) is 7.11 Å². The van der Waals surface area contributed by atoms with E-state index in [0.717, 1.165) is 12.1 Å². The largest absolute Gasteiger partial charge is 0.497 e. The summed E-state index contributed by atoms with van der Waals surface area (Å²) in [4.78, 5) is 10.3. The van der Waals surface area contributed by atoms with Crippen LogP contribution in [-0.4, -0.2) is 13.4 Å². The van der Waals surface area contributed by atoms with Crippen molar-refractivity contribution in [3.8, 4) is 5.75 Å². The molecule has 0 aliphatic carbocycles. The molecule has 0 saturated heterocycles. The third kappa shape index (κ3) is 2.52. The Bertz CT molecular complexity index is 341. The summed E-state index contributed by atoms with van der Waals surface area (Å²) in [6.07, 6.45) is 0.744. The Balaban J connectivity index is 3.12. The normalized spacial score (nSPS) is 12.3. The molecule has 0 aliphatic heterocycles. The average Bonchev–Trinajstić information content (AvgIpc) is 2.16. The summed E-state index contributed by atoms with van der Waals surface area (Å²) in [6, 6.07) is 2.22. The van der Waals surface area contributed by atoms with Gasteiger partial charge >= 0.3 is 0 Å². The lowest BCUT2D eigenvalue weighted by molar-refractivity contribution is -0.108. The predicted octanol–water partition coefficient (Wildman–Crippen LogP) is 2.67. The molecule has 0 N–H and O–H groups in total. The molecule has 0 aromatic heterocycles. The van der Waals surface area contributed by atoms with Crippen molar-refractivity contribution in [2.75, 3.05) is 7.11 Å². The van der Waals surface area contributed by atoms with Crippen LogP contribution in [0.15, 0.2) is 12.1 Å². The van der Waals surface area contributed by atoms with E-state index in [-0.39, 0.29) is 17.7 Å². The molecule has 0 aliphatic rings. The van der Waals surface area contributed by atoms with Crippen LogP contribution in [-0.2, 0) is 4.79 Å². The summed E-state index contributed by atoms with van der Waals surface area (Å²) in [5.74, 6) is -1.69. The number of halogens is 2. The second-order valence-electron chi connectivity index (χ2n) is 3.31. The zero-order valence-electron chi connectivity index (χ0n) is 8.59. The highest BCUT2D eigenvalue weighted by Gasteiger charge is 2.17. The van der Waals surface area contributed by atoms with Crippen molar-refractivity contribution in [3.63, 3.8) is 0 Å². The Morgan fingerprint density at radius 2 is 1.93 bits per heavy atom. The fourth-order valence-corrected chi connectivity index (χ4v) is 1.41. The Morgan fingerprint density at radius 3 is 2.33 bits per heavy atom. The van der Waals surface area contributed by atoms with E-state index >= 15 is 0 Å². The zero-order chi connectivity index (χ0) is 11.4. The first-order valence-corrected chi connectivity index (χ1v) is 4.56. The highest BCUT2D eigenvalue weighted by molar-refractivity contribution is 5.51. The summed E-state index contributed by atoms with van der Waals surface area (Å²) in [7, 11) is 1.34. The molecule has 2 nitrogen and oxygen atoms in total. The third-order valence-electron chi connectivity index (χ3n) is 2.23. The standard InChI is InChI=1S/C11H12F2O2/c1-7(3-4-14)11-9(12)5-8(15-2)6-10(11)13/h4-7H,3H2,1-2H3. The van der Waals surface area contributed by atoms with Crippen LogP contribution >= 0.6 is 0 Å². The Hall–Kier alpha value is -1.45. The summed E-state index contributed by atoms with van der Waals surface area (Å²) in [5, 5.41) is 0. The van der Waals surface area contributed by atoms with Gasteiger partial charge in [0.15, 0.2) is 0 Å². The van der Waals surface area contributed by atoms with Gasteiger partial charge in [0, 0.05) is 24.1 Å². The van der Waals surface area contributed by atoms with Crippen molar-refractivity contribution >= 4 is 6.29 Å². The molecule has 1 unspecified atom stereocenters. The van der Waals surface area contributed by atoms with Crippen LogP contribution in [0.3, 0.4) is 0 Å². The number of aldehydes is 1. The maximum Gasteiger partial charge on any atom is 0.133 e. The zero-order valence-corrected chi connectivity index (χ0v) is 8.59. The van der Waals surface area contributed by atoms with Gasteiger partial charge < -0.3 is 9.53 Å². The molecule has 0 amide bonds. The molecule has 0 heterocycles. The van der Waals surface area contributed by atoms with Crippen molar-refractivity contribution in [2.45, 2.75) is 19.3 Å². The lowest BCUT2D eigenvalue weighted by Crippen LogP contribution is -2.03. The number of hydrogen-bond acceptors (Lipinski definition) is 2. The van der Waals surface area contributed by atoms with Gasteiger partial charge in [-0.05, 0) is 5.92 Å². The van der Waals surface area contributed by atoms with Gasteiger partial charge in [0.2, 0.25) is 0 Å². The van der Waals surface area contributed by atoms with Crippen molar-refractivity contribution in [2.24, 2.45) is 0 Å². The van der Waals surface area contributed by atoms with E-state index < -0.39 is 17.6 Å². The van der Waals surface area contributed by atoms with Crippen molar-refractivity contribution < 1.29 is 18.3 Å². The van der Waals surface area contributed by atoms with E-state index in [1.54, 1.807) is 6.92 Å². The molecule has 0 radical (unpaired) electrons. The van der Waals surface area contributed by atoms with E-state index in [9.17, 15) is 13.6 Å². The van der Waals surface area contributed by atoms with E-state index in [4.69, 9.17) is 4.74 Å². The van der Waals surface area contributed by atoms with Gasteiger partial charge in [-0.25, -0.2) is 8.78 Å². The van der Waals surface area contributed by atoms with Gasteiger partial charge in [-0.3, -0.25) is 0 Å². The van der Waals surface area contributed by atoms with Crippen molar-refractivity contribution in [1.29, 1.82) is 0 Å². The number of carbonyl (C=O) groups is 1. The second kappa shape index (κ2) is 4.87. The minimum absolute atomic E-state index is 0.0668. The third-order valence-corrected chi connectivity index (χ3v) is 2.23. The van der Waals surface area contributed by atoms with Crippen LogP contribution in [0, 0.1) is 11.6 Å². The molecule has 0 spiro atoms. The fourth-order valence-electron chi connectivity index (χ4n) is 1.41. The first-order valence-electron chi connectivity index (χ1n) is 4.56. The molecular formula is C11H12F2O2. The van der Waals surface area contributed by atoms with Crippen LogP contribution in [0.5, 0.6) is 5.75 Å². The van der Waals surface area contributed by atoms with Crippen LogP contribution in [0.2, 0.25) is 0 Å². The maximum absolute atomic E-state index is 13.4. The van der Waals surface area contributed by atoms with E-state index in [1.165, 1.54) is 7.11 Å². The molecule has 0 bridgehead atoms. The van der Waals surface area contributed by atoms with E-state index in [0.29, 0.717) is 6.29 Å². The highest BCUT2D eigenvalue weighted by Crippen LogP contribution is 2.28. The van der Waals surface area contributed by atoms with Crippen LogP contribution < -0.4 is 4.74 Å². The number of hydrogen-bond donors (Lipinski definition) is 0. The lowest BCUT2D eigenvalue weighted by Gasteiger charge is -2.12. The van der Waals surface area contributed by atoms with E-state index in [2.05, 4.69) is 0 Å². The number of carbonyl (C=O) groups excluding carboxylic acids is 1. The fraction of sp³-hybridized carbons (Fsp3) is 0.364.